The fraction of sp³-hybridized carbons (Fsp3) is 0.278. The zero-order valence-corrected chi connectivity index (χ0v) is 16.0. The number of nitrogens with one attached hydrogen (secondary N) is 1. The fourth-order valence-corrected chi connectivity index (χ4v) is 3.61. The third-order valence-electron chi connectivity index (χ3n) is 3.76. The highest BCUT2D eigenvalue weighted by atomic mass is 35.5. The van der Waals surface area contributed by atoms with Gasteiger partial charge in [-0.15, -0.1) is 0 Å². The average molecular weight is 381 g/mol. The quantitative estimate of drug-likeness (QED) is 0.836. The van der Waals surface area contributed by atoms with Crippen LogP contribution in [-0.2, 0) is 16.6 Å². The third kappa shape index (κ3) is 4.81. The predicted molar refractivity (Wildman–Crippen MR) is 99.3 cm³/mol. The van der Waals surface area contributed by atoms with Gasteiger partial charge in [-0.1, -0.05) is 36.7 Å². The molecular weight excluding hydrogens is 360 g/mol. The van der Waals surface area contributed by atoms with Crippen molar-refractivity contribution in [3.63, 3.8) is 0 Å². The Morgan fingerprint density at radius 3 is 2.40 bits per heavy atom. The number of carbonyl (C=O) groups excluding carboxylic acids is 1. The van der Waals surface area contributed by atoms with E-state index in [1.165, 1.54) is 12.1 Å². The van der Waals surface area contributed by atoms with Crippen LogP contribution in [0.1, 0.15) is 28.4 Å². The maximum Gasteiger partial charge on any atom is 0.254 e. The lowest BCUT2D eigenvalue weighted by atomic mass is 10.1. The molecule has 1 N–H and O–H groups in total. The summed E-state index contributed by atoms with van der Waals surface area (Å²) in [7, 11) is -1.93. The molecule has 0 fully saturated rings. The SMILES string of the molecule is CCNS(=O)(=O)c1ccc(C)c(C(=O)N(C)Cc2ccc(Cl)cc2)c1. The fourth-order valence-electron chi connectivity index (χ4n) is 2.41. The lowest BCUT2D eigenvalue weighted by Gasteiger charge is -2.19. The zero-order valence-electron chi connectivity index (χ0n) is 14.4. The summed E-state index contributed by atoms with van der Waals surface area (Å²) >= 11 is 5.87. The minimum atomic E-state index is -3.61. The van der Waals surface area contributed by atoms with E-state index in [2.05, 4.69) is 4.72 Å². The van der Waals surface area contributed by atoms with Crippen molar-refractivity contribution in [1.82, 2.24) is 9.62 Å². The van der Waals surface area contributed by atoms with E-state index in [1.807, 2.05) is 12.1 Å². The summed E-state index contributed by atoms with van der Waals surface area (Å²) in [5, 5.41) is 0.634. The number of nitrogens with zero attached hydrogens (tertiary/aromatic N) is 1. The Kier molecular flexibility index (Phi) is 6.21. The Morgan fingerprint density at radius 2 is 1.80 bits per heavy atom. The highest BCUT2D eigenvalue weighted by Crippen LogP contribution is 2.18. The van der Waals surface area contributed by atoms with Crippen LogP contribution in [-0.4, -0.2) is 32.8 Å². The molecule has 2 aromatic rings. The maximum atomic E-state index is 12.8. The number of rotatable bonds is 6. The van der Waals surface area contributed by atoms with E-state index in [4.69, 9.17) is 11.6 Å². The van der Waals surface area contributed by atoms with Gasteiger partial charge in [0, 0.05) is 30.7 Å². The number of amides is 1. The molecule has 0 unspecified atom stereocenters. The van der Waals surface area contributed by atoms with Crippen molar-refractivity contribution in [3.8, 4) is 0 Å². The molecule has 2 rings (SSSR count). The summed E-state index contributed by atoms with van der Waals surface area (Å²) in [5.41, 5.74) is 2.04. The van der Waals surface area contributed by atoms with Crippen LogP contribution in [0.3, 0.4) is 0 Å². The molecule has 0 atom stereocenters. The van der Waals surface area contributed by atoms with Crippen molar-refractivity contribution in [1.29, 1.82) is 0 Å². The smallest absolute Gasteiger partial charge is 0.254 e. The van der Waals surface area contributed by atoms with E-state index in [-0.39, 0.29) is 17.3 Å². The van der Waals surface area contributed by atoms with Crippen LogP contribution in [0, 0.1) is 6.92 Å². The molecule has 0 aliphatic carbocycles. The second-order valence-corrected chi connectivity index (χ2v) is 7.97. The molecule has 0 radical (unpaired) electrons. The van der Waals surface area contributed by atoms with Gasteiger partial charge < -0.3 is 4.90 Å². The molecule has 0 aliphatic heterocycles. The highest BCUT2D eigenvalue weighted by molar-refractivity contribution is 7.89. The number of benzene rings is 2. The maximum absolute atomic E-state index is 12.8. The Hall–Kier alpha value is -1.89. The van der Waals surface area contributed by atoms with E-state index in [9.17, 15) is 13.2 Å². The molecule has 7 heteroatoms. The first-order valence-electron chi connectivity index (χ1n) is 7.85. The zero-order chi connectivity index (χ0) is 18.6. The number of aryl methyl sites for hydroxylation is 1. The van der Waals surface area contributed by atoms with E-state index < -0.39 is 10.0 Å². The van der Waals surface area contributed by atoms with Crippen LogP contribution >= 0.6 is 11.6 Å². The first-order valence-corrected chi connectivity index (χ1v) is 9.71. The van der Waals surface area contributed by atoms with E-state index in [0.717, 1.165) is 11.1 Å². The Bertz CT molecular complexity index is 864. The van der Waals surface area contributed by atoms with Crippen LogP contribution in [0.2, 0.25) is 5.02 Å². The molecule has 2 aromatic carbocycles. The molecule has 0 aromatic heterocycles. The molecule has 5 nitrogen and oxygen atoms in total. The third-order valence-corrected chi connectivity index (χ3v) is 5.56. The number of carbonyl (C=O) groups is 1. The van der Waals surface area contributed by atoms with E-state index in [0.29, 0.717) is 17.1 Å². The summed E-state index contributed by atoms with van der Waals surface area (Å²) in [4.78, 5) is 14.4. The molecule has 1 amide bonds. The molecule has 134 valence electrons. The van der Waals surface area contributed by atoms with Crippen molar-refractivity contribution in [3.05, 3.63) is 64.2 Å². The minimum Gasteiger partial charge on any atom is -0.337 e. The van der Waals surface area contributed by atoms with Crippen LogP contribution in [0.25, 0.3) is 0 Å². The van der Waals surface area contributed by atoms with Crippen LogP contribution < -0.4 is 4.72 Å². The van der Waals surface area contributed by atoms with Crippen molar-refractivity contribution in [2.45, 2.75) is 25.3 Å². The number of halogens is 1. The topological polar surface area (TPSA) is 66.5 Å². The Morgan fingerprint density at radius 1 is 1.16 bits per heavy atom. The lowest BCUT2D eigenvalue weighted by molar-refractivity contribution is 0.0784. The molecular formula is C18H21ClN2O3S. The Labute approximate surface area is 153 Å². The number of sulfonamides is 1. The molecule has 0 saturated heterocycles. The van der Waals surface area contributed by atoms with Gasteiger partial charge in [0.1, 0.15) is 0 Å². The normalized spacial score (nSPS) is 11.4. The first kappa shape index (κ1) is 19.4. The average Bonchev–Trinajstić information content (AvgIpc) is 2.56. The van der Waals surface area contributed by atoms with Gasteiger partial charge in [0.25, 0.3) is 5.91 Å². The summed E-state index contributed by atoms with van der Waals surface area (Å²) in [6, 6.07) is 11.8. The van der Waals surface area contributed by atoms with Gasteiger partial charge in [-0.3, -0.25) is 4.79 Å². The minimum absolute atomic E-state index is 0.0863. The molecule has 0 aliphatic rings. The summed E-state index contributed by atoms with van der Waals surface area (Å²) in [5.74, 6) is -0.235. The standard InChI is InChI=1S/C18H21ClN2O3S/c1-4-20-25(23,24)16-10-5-13(2)17(11-16)18(22)21(3)12-14-6-8-15(19)9-7-14/h5-11,20H,4,12H2,1-3H3. The highest BCUT2D eigenvalue weighted by Gasteiger charge is 2.19. The van der Waals surface area contributed by atoms with Gasteiger partial charge in [0.15, 0.2) is 0 Å². The molecule has 25 heavy (non-hydrogen) atoms. The number of hydrogen-bond donors (Lipinski definition) is 1. The summed E-state index contributed by atoms with van der Waals surface area (Å²) in [6.07, 6.45) is 0. The lowest BCUT2D eigenvalue weighted by Crippen LogP contribution is -2.28. The van der Waals surface area contributed by atoms with Gasteiger partial charge in [-0.25, -0.2) is 13.1 Å². The number of hydrogen-bond acceptors (Lipinski definition) is 3. The second-order valence-electron chi connectivity index (χ2n) is 5.77. The monoisotopic (exact) mass is 380 g/mol. The van der Waals surface area contributed by atoms with Gasteiger partial charge in [0.05, 0.1) is 4.90 Å². The van der Waals surface area contributed by atoms with E-state index >= 15 is 0 Å². The predicted octanol–water partition coefficient (Wildman–Crippen LogP) is 3.22. The van der Waals surface area contributed by atoms with Gasteiger partial charge in [-0.05, 0) is 42.3 Å². The Balaban J connectivity index is 2.27. The summed E-state index contributed by atoms with van der Waals surface area (Å²) < 4.78 is 26.8. The van der Waals surface area contributed by atoms with Gasteiger partial charge in [0.2, 0.25) is 10.0 Å². The molecule has 0 bridgehead atoms. The molecule has 0 spiro atoms. The molecule has 0 saturated carbocycles. The van der Waals surface area contributed by atoms with Crippen molar-refractivity contribution in [2.75, 3.05) is 13.6 Å². The summed E-state index contributed by atoms with van der Waals surface area (Å²) in [6.45, 7) is 4.18. The van der Waals surface area contributed by atoms with Gasteiger partial charge >= 0.3 is 0 Å². The van der Waals surface area contributed by atoms with Crippen LogP contribution in [0.15, 0.2) is 47.4 Å². The van der Waals surface area contributed by atoms with Crippen molar-refractivity contribution >= 4 is 27.5 Å². The van der Waals surface area contributed by atoms with E-state index in [1.54, 1.807) is 44.0 Å². The first-order chi connectivity index (χ1) is 11.7. The van der Waals surface area contributed by atoms with Crippen molar-refractivity contribution < 1.29 is 13.2 Å². The van der Waals surface area contributed by atoms with Crippen LogP contribution in [0.4, 0.5) is 0 Å². The largest absolute Gasteiger partial charge is 0.337 e. The molecule has 0 heterocycles. The van der Waals surface area contributed by atoms with Crippen LogP contribution in [0.5, 0.6) is 0 Å². The van der Waals surface area contributed by atoms with Gasteiger partial charge in [-0.2, -0.15) is 0 Å². The second kappa shape index (κ2) is 7.99. The van der Waals surface area contributed by atoms with Crippen molar-refractivity contribution in [2.24, 2.45) is 0 Å².